The molecule has 0 radical (unpaired) electrons. The molecule has 2 rings (SSSR count). The van der Waals surface area contributed by atoms with E-state index >= 15 is 0 Å². The zero-order valence-corrected chi connectivity index (χ0v) is 12.7. The van der Waals surface area contributed by atoms with Crippen LogP contribution in [0.25, 0.3) is 0 Å². The molecule has 1 aromatic heterocycles. The number of amides is 1. The lowest BCUT2D eigenvalue weighted by molar-refractivity contribution is -0.116. The molecule has 1 heterocycles. The minimum Gasteiger partial charge on any atom is -0.330 e. The van der Waals surface area contributed by atoms with Crippen LogP contribution in [0.1, 0.15) is 12.1 Å². The second kappa shape index (κ2) is 7.40. The topological polar surface area (TPSA) is 85.8 Å². The third-order valence-electron chi connectivity index (χ3n) is 2.76. The van der Waals surface area contributed by atoms with Gasteiger partial charge in [-0.2, -0.15) is 0 Å². The molecule has 112 valence electrons. The van der Waals surface area contributed by atoms with Crippen LogP contribution in [0.4, 0.5) is 5.69 Å². The summed E-state index contributed by atoms with van der Waals surface area (Å²) in [5, 5.41) is 11.3. The SMILES string of the molecule is NCCCc1cn(CC(=O)Nc2c(Cl)cccc2Cl)nn1. The van der Waals surface area contributed by atoms with E-state index in [0.717, 1.165) is 18.5 Å². The number of carbonyl (C=O) groups is 1. The number of nitrogens with two attached hydrogens (primary N) is 1. The molecule has 1 amide bonds. The molecule has 0 atom stereocenters. The van der Waals surface area contributed by atoms with Crippen molar-refractivity contribution in [3.63, 3.8) is 0 Å². The molecule has 0 spiro atoms. The summed E-state index contributed by atoms with van der Waals surface area (Å²) in [6.45, 7) is 0.634. The van der Waals surface area contributed by atoms with Crippen LogP contribution in [0.3, 0.4) is 0 Å². The van der Waals surface area contributed by atoms with Gasteiger partial charge < -0.3 is 11.1 Å². The fraction of sp³-hybridized carbons (Fsp3) is 0.308. The molecular formula is C13H15Cl2N5O. The van der Waals surface area contributed by atoms with Gasteiger partial charge in [0, 0.05) is 6.20 Å². The van der Waals surface area contributed by atoms with Crippen molar-refractivity contribution in [2.75, 3.05) is 11.9 Å². The minimum absolute atomic E-state index is 0.0389. The average molecular weight is 328 g/mol. The number of nitrogens with one attached hydrogen (secondary N) is 1. The van der Waals surface area contributed by atoms with E-state index < -0.39 is 0 Å². The smallest absolute Gasteiger partial charge is 0.246 e. The van der Waals surface area contributed by atoms with Gasteiger partial charge in [-0.1, -0.05) is 34.5 Å². The lowest BCUT2D eigenvalue weighted by atomic mass is 10.2. The van der Waals surface area contributed by atoms with Gasteiger partial charge in [0.2, 0.25) is 5.91 Å². The standard InChI is InChI=1S/C13H15Cl2N5O/c14-10-4-1-5-11(15)13(10)17-12(21)8-20-7-9(18-19-20)3-2-6-16/h1,4-5,7H,2-3,6,8,16H2,(H,17,21). The maximum atomic E-state index is 12.0. The Balaban J connectivity index is 1.97. The van der Waals surface area contributed by atoms with Gasteiger partial charge in [0.25, 0.3) is 0 Å². The number of anilines is 1. The maximum Gasteiger partial charge on any atom is 0.246 e. The third kappa shape index (κ3) is 4.42. The second-order valence-corrected chi connectivity index (χ2v) is 5.26. The summed E-state index contributed by atoms with van der Waals surface area (Å²) in [7, 11) is 0. The Hall–Kier alpha value is -1.63. The summed E-state index contributed by atoms with van der Waals surface area (Å²) in [5.41, 5.74) is 6.64. The average Bonchev–Trinajstić information content (AvgIpc) is 2.88. The molecule has 0 unspecified atom stereocenters. The van der Waals surface area contributed by atoms with Crippen LogP contribution < -0.4 is 11.1 Å². The van der Waals surface area contributed by atoms with E-state index in [-0.39, 0.29) is 12.5 Å². The molecule has 0 aliphatic heterocycles. The van der Waals surface area contributed by atoms with E-state index in [1.54, 1.807) is 24.4 Å². The van der Waals surface area contributed by atoms with E-state index in [2.05, 4.69) is 15.6 Å². The van der Waals surface area contributed by atoms with Gasteiger partial charge in [0.15, 0.2) is 0 Å². The van der Waals surface area contributed by atoms with Gasteiger partial charge in [-0.3, -0.25) is 4.79 Å². The van der Waals surface area contributed by atoms with E-state index in [4.69, 9.17) is 28.9 Å². The quantitative estimate of drug-likeness (QED) is 0.850. The monoisotopic (exact) mass is 327 g/mol. The van der Waals surface area contributed by atoms with Crippen molar-refractivity contribution in [3.05, 3.63) is 40.1 Å². The highest BCUT2D eigenvalue weighted by atomic mass is 35.5. The van der Waals surface area contributed by atoms with Crippen molar-refractivity contribution < 1.29 is 4.79 Å². The summed E-state index contributed by atoms with van der Waals surface area (Å²) < 4.78 is 1.46. The third-order valence-corrected chi connectivity index (χ3v) is 3.39. The van der Waals surface area contributed by atoms with E-state index in [1.807, 2.05) is 0 Å². The molecule has 8 heteroatoms. The summed E-state index contributed by atoms with van der Waals surface area (Å²) in [6, 6.07) is 5.02. The molecule has 21 heavy (non-hydrogen) atoms. The zero-order valence-electron chi connectivity index (χ0n) is 11.2. The Morgan fingerprint density at radius 3 is 2.71 bits per heavy atom. The van der Waals surface area contributed by atoms with Gasteiger partial charge >= 0.3 is 0 Å². The van der Waals surface area contributed by atoms with Gasteiger partial charge in [0.05, 0.1) is 21.4 Å². The Kier molecular flexibility index (Phi) is 5.55. The number of halogens is 2. The summed E-state index contributed by atoms with van der Waals surface area (Å²) in [5.74, 6) is -0.278. The van der Waals surface area contributed by atoms with Crippen LogP contribution in [0.2, 0.25) is 10.0 Å². The van der Waals surface area contributed by atoms with Crippen LogP contribution in [-0.4, -0.2) is 27.4 Å². The predicted octanol–water partition coefficient (Wildman–Crippen LogP) is 2.11. The number of hydrogen-bond acceptors (Lipinski definition) is 4. The van der Waals surface area contributed by atoms with E-state index in [1.165, 1.54) is 4.68 Å². The van der Waals surface area contributed by atoms with Crippen LogP contribution in [0.5, 0.6) is 0 Å². The molecule has 2 aromatic rings. The normalized spacial score (nSPS) is 10.6. The molecule has 0 saturated carbocycles. The van der Waals surface area contributed by atoms with Crippen molar-refractivity contribution in [2.45, 2.75) is 19.4 Å². The number of hydrogen-bond donors (Lipinski definition) is 2. The molecule has 6 nitrogen and oxygen atoms in total. The summed E-state index contributed by atoms with van der Waals surface area (Å²) in [4.78, 5) is 12.0. The number of aryl methyl sites for hydroxylation is 1. The van der Waals surface area contributed by atoms with Crippen molar-refractivity contribution in [3.8, 4) is 0 Å². The number of para-hydroxylation sites is 1. The summed E-state index contributed by atoms with van der Waals surface area (Å²) >= 11 is 12.0. The van der Waals surface area contributed by atoms with Gasteiger partial charge in [-0.15, -0.1) is 5.10 Å². The number of carbonyl (C=O) groups excluding carboxylic acids is 1. The lowest BCUT2D eigenvalue weighted by Crippen LogP contribution is -2.19. The van der Waals surface area contributed by atoms with Crippen molar-refractivity contribution in [2.24, 2.45) is 5.73 Å². The highest BCUT2D eigenvalue weighted by Crippen LogP contribution is 2.29. The number of nitrogens with zero attached hydrogens (tertiary/aromatic N) is 3. The molecule has 0 fully saturated rings. The minimum atomic E-state index is -0.278. The molecule has 3 N–H and O–H groups in total. The highest BCUT2D eigenvalue weighted by Gasteiger charge is 2.11. The van der Waals surface area contributed by atoms with E-state index in [9.17, 15) is 4.79 Å². The van der Waals surface area contributed by atoms with Crippen LogP contribution in [0.15, 0.2) is 24.4 Å². The predicted molar refractivity (Wildman–Crippen MR) is 82.5 cm³/mol. The largest absolute Gasteiger partial charge is 0.330 e. The summed E-state index contributed by atoms with van der Waals surface area (Å²) in [6.07, 6.45) is 3.30. The maximum absolute atomic E-state index is 12.0. The number of rotatable bonds is 6. The zero-order chi connectivity index (χ0) is 15.2. The van der Waals surface area contributed by atoms with E-state index in [0.29, 0.717) is 22.3 Å². The fourth-order valence-corrected chi connectivity index (χ4v) is 2.25. The Morgan fingerprint density at radius 1 is 1.33 bits per heavy atom. The Bertz CT molecular complexity index is 609. The van der Waals surface area contributed by atoms with Crippen LogP contribution in [-0.2, 0) is 17.8 Å². The second-order valence-electron chi connectivity index (χ2n) is 4.44. The van der Waals surface area contributed by atoms with Gasteiger partial charge in [0.1, 0.15) is 6.54 Å². The molecule has 0 saturated heterocycles. The van der Waals surface area contributed by atoms with Gasteiger partial charge in [-0.05, 0) is 31.5 Å². The molecular weight excluding hydrogens is 313 g/mol. The molecule has 0 bridgehead atoms. The molecule has 0 aliphatic carbocycles. The fourth-order valence-electron chi connectivity index (χ4n) is 1.76. The molecule has 0 aliphatic rings. The number of aromatic nitrogens is 3. The first-order valence-electron chi connectivity index (χ1n) is 6.43. The Labute approximate surface area is 132 Å². The van der Waals surface area contributed by atoms with Crippen LogP contribution in [0, 0.1) is 0 Å². The van der Waals surface area contributed by atoms with Crippen molar-refractivity contribution in [1.29, 1.82) is 0 Å². The van der Waals surface area contributed by atoms with Crippen molar-refractivity contribution in [1.82, 2.24) is 15.0 Å². The van der Waals surface area contributed by atoms with Crippen LogP contribution >= 0.6 is 23.2 Å². The van der Waals surface area contributed by atoms with Crippen molar-refractivity contribution >= 4 is 34.8 Å². The first kappa shape index (κ1) is 15.8. The lowest BCUT2D eigenvalue weighted by Gasteiger charge is -2.08. The first-order valence-corrected chi connectivity index (χ1v) is 7.18. The van der Waals surface area contributed by atoms with Gasteiger partial charge in [-0.25, -0.2) is 4.68 Å². The molecule has 1 aromatic carbocycles. The Morgan fingerprint density at radius 2 is 2.05 bits per heavy atom. The first-order chi connectivity index (χ1) is 10.1. The highest BCUT2D eigenvalue weighted by molar-refractivity contribution is 6.39. The number of benzene rings is 1.